The zero-order chi connectivity index (χ0) is 29.5. The van der Waals surface area contributed by atoms with Crippen LogP contribution in [0.5, 0.6) is 0 Å². The Morgan fingerprint density at radius 1 is 0.600 bits per heavy atom. The van der Waals surface area contributed by atoms with Crippen LogP contribution in [-0.4, -0.2) is 84.0 Å². The van der Waals surface area contributed by atoms with Gasteiger partial charge < -0.3 is 47.2 Å². The van der Waals surface area contributed by atoms with E-state index >= 15 is 0 Å². The normalized spacial score (nSPS) is 10.3. The molecule has 0 saturated heterocycles. The molecule has 15 heteroatoms. The summed E-state index contributed by atoms with van der Waals surface area (Å²) < 4.78 is 0. The molecular weight excluding hydrogens is 578 g/mol. The summed E-state index contributed by atoms with van der Waals surface area (Å²) in [6.07, 6.45) is 5.10. The number of nitrogens with two attached hydrogens (primary N) is 1. The fraction of sp³-hybridized carbons (Fsp3) is 0.800. The molecular formula is C25H46N6O8Zn. The molecule has 0 radical (unpaired) electrons. The van der Waals surface area contributed by atoms with E-state index in [0.29, 0.717) is 79.8 Å². The quantitative estimate of drug-likeness (QED) is 0.0849. The minimum atomic E-state index is -0.672. The molecule has 0 aromatic heterocycles. The van der Waals surface area contributed by atoms with Gasteiger partial charge in [-0.05, 0) is 57.9 Å². The van der Waals surface area contributed by atoms with Crippen molar-refractivity contribution in [1.29, 1.82) is 0 Å². The summed E-state index contributed by atoms with van der Waals surface area (Å²) in [6.45, 7) is 2.69. The molecule has 40 heavy (non-hydrogen) atoms. The number of hydrogen-bond donors (Lipinski definition) is 3. The maximum Gasteiger partial charge on any atom is 2.00 e. The fourth-order valence-corrected chi connectivity index (χ4v) is 3.42. The Kier molecular flexibility index (Phi) is 25.7. The molecule has 0 aliphatic rings. The number of nitrogens with one attached hydrogen (secondary N) is 2. The number of unbranched alkanes of at least 4 members (excludes halogenated alkanes) is 6. The first-order valence-corrected chi connectivity index (χ1v) is 13.7. The van der Waals surface area contributed by atoms with E-state index in [2.05, 4.69) is 10.6 Å². The van der Waals surface area contributed by atoms with Crippen molar-refractivity contribution in [1.82, 2.24) is 25.8 Å². The number of amides is 5. The number of carbonyl (C=O) groups is 5. The van der Waals surface area contributed by atoms with Crippen LogP contribution >= 0.6 is 0 Å². The van der Waals surface area contributed by atoms with Gasteiger partial charge in [0.05, 0.1) is 0 Å². The van der Waals surface area contributed by atoms with Crippen LogP contribution in [0.25, 0.3) is 0 Å². The molecule has 0 fully saturated rings. The van der Waals surface area contributed by atoms with Crippen molar-refractivity contribution in [2.75, 3.05) is 39.3 Å². The Hall–Kier alpha value is -2.19. The van der Waals surface area contributed by atoms with E-state index in [4.69, 9.17) is 5.73 Å². The van der Waals surface area contributed by atoms with E-state index in [0.717, 1.165) is 12.8 Å². The van der Waals surface area contributed by atoms with Gasteiger partial charge in [-0.15, -0.1) is 0 Å². The molecule has 0 unspecified atom stereocenters. The van der Waals surface area contributed by atoms with Crippen LogP contribution in [0.15, 0.2) is 0 Å². The van der Waals surface area contributed by atoms with Gasteiger partial charge in [-0.3, -0.25) is 24.0 Å². The third-order valence-corrected chi connectivity index (χ3v) is 5.83. The second-order valence-corrected chi connectivity index (χ2v) is 9.28. The van der Waals surface area contributed by atoms with Crippen LogP contribution in [-0.2, 0) is 43.5 Å². The standard InChI is InChI=1S/C25H45N6O8.Zn/c1-21(32)29(37)18-9-3-6-16-27-22(33)12-14-25(36)31(39)20-10-4-7-17-28-23(34)11-13-24(35)30(38)19-8-2-5-15-26;/h2-20,26H2,1H3,(H,27,33)(H,28,34);/q-3;+2/p+1. The molecule has 0 bridgehead atoms. The van der Waals surface area contributed by atoms with E-state index < -0.39 is 17.7 Å². The number of nitrogens with zero attached hydrogens (tertiary/aromatic N) is 3. The second kappa shape index (κ2) is 25.8. The topological polar surface area (TPSA) is 214 Å². The zero-order valence-electron chi connectivity index (χ0n) is 24.8. The van der Waals surface area contributed by atoms with Crippen LogP contribution in [0, 0.1) is 15.6 Å². The minimum absolute atomic E-state index is 0. The van der Waals surface area contributed by atoms with Crippen molar-refractivity contribution in [3.8, 4) is 0 Å². The molecule has 0 spiro atoms. The van der Waals surface area contributed by atoms with Crippen molar-refractivity contribution in [2.45, 2.75) is 90.4 Å². The number of rotatable bonds is 23. The van der Waals surface area contributed by atoms with E-state index in [1.807, 2.05) is 0 Å². The summed E-state index contributed by atoms with van der Waals surface area (Å²) in [5, 5.41) is 41.1. The smallest absolute Gasteiger partial charge is 0.756 e. The Morgan fingerprint density at radius 2 is 0.975 bits per heavy atom. The predicted molar refractivity (Wildman–Crippen MR) is 147 cm³/mol. The molecule has 0 aliphatic heterocycles. The Morgan fingerprint density at radius 3 is 1.35 bits per heavy atom. The first-order valence-electron chi connectivity index (χ1n) is 13.7. The molecule has 0 saturated carbocycles. The van der Waals surface area contributed by atoms with Crippen molar-refractivity contribution in [2.24, 2.45) is 5.73 Å². The molecule has 5 amide bonds. The van der Waals surface area contributed by atoms with Gasteiger partial charge in [0.25, 0.3) is 0 Å². The third-order valence-electron chi connectivity index (χ3n) is 5.83. The summed E-state index contributed by atoms with van der Waals surface area (Å²) in [7, 11) is 0. The van der Waals surface area contributed by atoms with Gasteiger partial charge in [-0.2, -0.15) is 0 Å². The van der Waals surface area contributed by atoms with Crippen LogP contribution in [0.1, 0.15) is 91.8 Å². The first-order chi connectivity index (χ1) is 18.6. The van der Waals surface area contributed by atoms with Gasteiger partial charge >= 0.3 is 20.9 Å². The summed E-state index contributed by atoms with van der Waals surface area (Å²) >= 11 is 0. The average Bonchev–Trinajstić information content (AvgIpc) is 2.91. The van der Waals surface area contributed by atoms with Crippen LogP contribution in [0.2, 0.25) is 0 Å². The summed E-state index contributed by atoms with van der Waals surface area (Å²) in [5.74, 6) is -2.50. The van der Waals surface area contributed by atoms with Crippen LogP contribution in [0.4, 0.5) is 0 Å². The fourth-order valence-electron chi connectivity index (χ4n) is 3.42. The van der Waals surface area contributed by atoms with Crippen LogP contribution in [0.3, 0.4) is 0 Å². The second-order valence-electron chi connectivity index (χ2n) is 9.28. The van der Waals surface area contributed by atoms with E-state index in [9.17, 15) is 39.6 Å². The van der Waals surface area contributed by atoms with Crippen LogP contribution < -0.4 is 16.4 Å². The van der Waals surface area contributed by atoms with Crippen molar-refractivity contribution < 1.29 is 44.9 Å². The molecule has 0 aliphatic carbocycles. The van der Waals surface area contributed by atoms with E-state index in [1.165, 1.54) is 6.92 Å². The molecule has 14 nitrogen and oxygen atoms in total. The van der Waals surface area contributed by atoms with Gasteiger partial charge in [0.2, 0.25) is 29.5 Å². The maximum absolute atomic E-state index is 11.9. The van der Waals surface area contributed by atoms with Gasteiger partial charge in [0.15, 0.2) is 0 Å². The van der Waals surface area contributed by atoms with Crippen molar-refractivity contribution >= 4 is 29.5 Å². The van der Waals surface area contributed by atoms with Gasteiger partial charge in [0, 0.05) is 65.3 Å². The van der Waals surface area contributed by atoms with Gasteiger partial charge in [0.1, 0.15) is 0 Å². The molecule has 0 rings (SSSR count). The number of carbonyl (C=O) groups excluding carboxylic acids is 5. The largest absolute Gasteiger partial charge is 2.00 e. The third kappa shape index (κ3) is 22.6. The molecule has 0 atom stereocenters. The molecule has 0 aromatic carbocycles. The number of hydroxylamine groups is 6. The van der Waals surface area contributed by atoms with Crippen molar-refractivity contribution in [3.05, 3.63) is 15.6 Å². The maximum atomic E-state index is 11.9. The molecule has 226 valence electrons. The summed E-state index contributed by atoms with van der Waals surface area (Å²) in [5.41, 5.74) is 5.37. The van der Waals surface area contributed by atoms with Gasteiger partial charge in [-0.25, -0.2) is 0 Å². The molecule has 0 aromatic rings. The Bertz CT molecular complexity index is 753. The SMILES string of the molecule is CC(=O)N([O-])CCCCCNC(=O)CCC(=O)N([O-])CCCCCNC(=O)CCC(=O)N([O-])CCCCCN.[H+].[Zn+2]. The Balaban J connectivity index is -0.00000722. The molecule has 4 N–H and O–H groups in total. The number of hydrogen-bond acceptors (Lipinski definition) is 9. The predicted octanol–water partition coefficient (Wildman–Crippen LogP) is 1.36. The zero-order valence-corrected chi connectivity index (χ0v) is 26.8. The molecule has 0 heterocycles. The van der Waals surface area contributed by atoms with E-state index in [1.54, 1.807) is 0 Å². The Labute approximate surface area is 251 Å². The average molecular weight is 624 g/mol. The summed E-state index contributed by atoms with van der Waals surface area (Å²) in [6, 6.07) is 0. The summed E-state index contributed by atoms with van der Waals surface area (Å²) in [4.78, 5) is 58.1. The van der Waals surface area contributed by atoms with Gasteiger partial charge in [-0.1, -0.05) is 6.42 Å². The van der Waals surface area contributed by atoms with Crippen molar-refractivity contribution in [3.63, 3.8) is 0 Å². The monoisotopic (exact) mass is 622 g/mol. The minimum Gasteiger partial charge on any atom is -0.756 e. The van der Waals surface area contributed by atoms with E-state index in [-0.39, 0.29) is 78.0 Å². The first kappa shape index (κ1) is 40.0.